The summed E-state index contributed by atoms with van der Waals surface area (Å²) < 4.78 is 28.2. The number of hydrogen-bond acceptors (Lipinski definition) is 4. The van der Waals surface area contributed by atoms with Crippen LogP contribution in [0.3, 0.4) is 0 Å². The quantitative estimate of drug-likeness (QED) is 0.229. The molecule has 0 aliphatic carbocycles. The molecule has 2 rings (SSSR count). The summed E-state index contributed by atoms with van der Waals surface area (Å²) in [6.07, 6.45) is 3.80. The van der Waals surface area contributed by atoms with Crippen LogP contribution in [0.25, 0.3) is 0 Å². The summed E-state index contributed by atoms with van der Waals surface area (Å²) in [5.41, 5.74) is 7.41. The first-order chi connectivity index (χ1) is 20.0. The fraction of sp³-hybridized carbons (Fsp3) is 0.545. The van der Waals surface area contributed by atoms with E-state index in [4.69, 9.17) is 5.73 Å². The molecule has 7 nitrogen and oxygen atoms in total. The van der Waals surface area contributed by atoms with Gasteiger partial charge in [0.1, 0.15) is 11.6 Å². The lowest BCUT2D eigenvalue weighted by Crippen LogP contribution is -2.50. The molecular formula is C33H48F2N4O3. The van der Waals surface area contributed by atoms with Gasteiger partial charge in [0.05, 0.1) is 0 Å². The van der Waals surface area contributed by atoms with Gasteiger partial charge in [0.25, 0.3) is 11.8 Å². The first kappa shape index (κ1) is 34.9. The minimum Gasteiger partial charge on any atom is -0.356 e. The maximum Gasteiger partial charge on any atom is 0.253 e. The second kappa shape index (κ2) is 17.6. The van der Waals surface area contributed by atoms with Crippen LogP contribution in [0.15, 0.2) is 42.5 Å². The third kappa shape index (κ3) is 10.5. The van der Waals surface area contributed by atoms with Gasteiger partial charge in [-0.2, -0.15) is 0 Å². The van der Waals surface area contributed by atoms with Gasteiger partial charge in [-0.05, 0) is 61.4 Å². The minimum absolute atomic E-state index is 0.000498. The molecule has 0 unspecified atom stereocenters. The van der Waals surface area contributed by atoms with Crippen LogP contribution in [0.5, 0.6) is 0 Å². The topological polar surface area (TPSA) is 105 Å². The highest BCUT2D eigenvalue weighted by molar-refractivity contribution is 5.99. The average molecular weight is 587 g/mol. The summed E-state index contributed by atoms with van der Waals surface area (Å²) >= 11 is 0. The van der Waals surface area contributed by atoms with Crippen molar-refractivity contribution >= 4 is 17.7 Å². The van der Waals surface area contributed by atoms with E-state index in [9.17, 15) is 23.2 Å². The number of nitrogens with one attached hydrogen (secondary N) is 2. The van der Waals surface area contributed by atoms with Crippen molar-refractivity contribution in [2.45, 2.75) is 85.2 Å². The Morgan fingerprint density at radius 1 is 0.929 bits per heavy atom. The van der Waals surface area contributed by atoms with Gasteiger partial charge in [0, 0.05) is 54.8 Å². The number of nitrogens with two attached hydrogens (primary N) is 1. The molecule has 0 spiro atoms. The van der Waals surface area contributed by atoms with Crippen LogP contribution >= 0.6 is 0 Å². The Balaban J connectivity index is 2.25. The Morgan fingerprint density at radius 3 is 2.17 bits per heavy atom. The monoisotopic (exact) mass is 586 g/mol. The average Bonchev–Trinajstić information content (AvgIpc) is 2.97. The molecule has 9 heteroatoms. The lowest BCUT2D eigenvalue weighted by molar-refractivity contribution is -0.125. The van der Waals surface area contributed by atoms with E-state index < -0.39 is 35.5 Å². The number of nitrogens with zero attached hydrogens (tertiary/aromatic N) is 1. The standard InChI is InChI=1S/C33H48F2N4O3/c1-6-15-39(16-7-2)33(42)26-12-10-11-25(18-26)32(41)38-30(19-24-13-14-27(34)20-28(24)35)29(36)17-22(5)31(40)37-21-23(8-3)9-4/h10-14,18,20,22-23,29-30H,6-9,15-17,19,21,36H2,1-5H3,(H,37,40)(H,38,41)/t22-,29+,30+/m1/s1. The molecule has 4 N–H and O–H groups in total. The summed E-state index contributed by atoms with van der Waals surface area (Å²) in [5, 5.41) is 5.89. The van der Waals surface area contributed by atoms with E-state index in [1.807, 2.05) is 13.8 Å². The van der Waals surface area contributed by atoms with Crippen LogP contribution < -0.4 is 16.4 Å². The van der Waals surface area contributed by atoms with Crippen LogP contribution in [-0.2, 0) is 11.2 Å². The summed E-state index contributed by atoms with van der Waals surface area (Å²) in [4.78, 5) is 41.1. The normalized spacial score (nSPS) is 13.4. The van der Waals surface area contributed by atoms with Crippen molar-refractivity contribution in [3.8, 4) is 0 Å². The zero-order valence-electron chi connectivity index (χ0n) is 25.7. The van der Waals surface area contributed by atoms with Crippen LogP contribution in [0.1, 0.15) is 93.0 Å². The lowest BCUT2D eigenvalue weighted by atomic mass is 9.91. The molecule has 2 aromatic rings. The highest BCUT2D eigenvalue weighted by Crippen LogP contribution is 2.18. The van der Waals surface area contributed by atoms with E-state index in [2.05, 4.69) is 24.5 Å². The van der Waals surface area contributed by atoms with Crippen LogP contribution in [0.2, 0.25) is 0 Å². The summed E-state index contributed by atoms with van der Waals surface area (Å²) in [7, 11) is 0. The molecule has 0 radical (unpaired) electrons. The number of carbonyl (C=O) groups excluding carboxylic acids is 3. The zero-order chi connectivity index (χ0) is 31.2. The predicted octanol–water partition coefficient (Wildman–Crippen LogP) is 5.47. The molecule has 0 heterocycles. The molecule has 0 bridgehead atoms. The molecule has 0 aliphatic rings. The Kier molecular flexibility index (Phi) is 14.6. The summed E-state index contributed by atoms with van der Waals surface area (Å²) in [6, 6.07) is 8.29. The molecule has 0 aliphatic heterocycles. The smallest absolute Gasteiger partial charge is 0.253 e. The van der Waals surface area contributed by atoms with E-state index in [0.717, 1.165) is 37.8 Å². The van der Waals surface area contributed by atoms with Crippen molar-refractivity contribution in [3.05, 3.63) is 70.8 Å². The molecule has 3 atom stereocenters. The molecule has 0 aromatic heterocycles. The number of benzene rings is 2. The van der Waals surface area contributed by atoms with Crippen molar-refractivity contribution in [1.82, 2.24) is 15.5 Å². The lowest BCUT2D eigenvalue weighted by Gasteiger charge is -2.28. The highest BCUT2D eigenvalue weighted by atomic mass is 19.1. The summed E-state index contributed by atoms with van der Waals surface area (Å²) in [5.74, 6) is -2.26. The molecule has 0 fully saturated rings. The van der Waals surface area contributed by atoms with Crippen molar-refractivity contribution in [2.24, 2.45) is 17.6 Å². The Bertz CT molecular complexity index is 1170. The maximum absolute atomic E-state index is 14.6. The van der Waals surface area contributed by atoms with E-state index in [-0.39, 0.29) is 35.8 Å². The fourth-order valence-corrected chi connectivity index (χ4v) is 4.99. The second-order valence-corrected chi connectivity index (χ2v) is 11.1. The second-order valence-electron chi connectivity index (χ2n) is 11.1. The number of rotatable bonds is 17. The third-order valence-electron chi connectivity index (χ3n) is 7.73. The van der Waals surface area contributed by atoms with Gasteiger partial charge >= 0.3 is 0 Å². The fourth-order valence-electron chi connectivity index (χ4n) is 4.99. The molecule has 0 saturated carbocycles. The molecule has 0 saturated heterocycles. The van der Waals surface area contributed by atoms with Crippen molar-refractivity contribution in [3.63, 3.8) is 0 Å². The number of carbonyl (C=O) groups is 3. The van der Waals surface area contributed by atoms with E-state index in [1.165, 1.54) is 6.07 Å². The Hall–Kier alpha value is -3.33. The first-order valence-electron chi connectivity index (χ1n) is 15.2. The van der Waals surface area contributed by atoms with Gasteiger partial charge in [-0.3, -0.25) is 14.4 Å². The molecule has 3 amide bonds. The van der Waals surface area contributed by atoms with E-state index >= 15 is 0 Å². The molecular weight excluding hydrogens is 538 g/mol. The van der Waals surface area contributed by atoms with Crippen LogP contribution in [0, 0.1) is 23.5 Å². The number of halogens is 2. The molecule has 42 heavy (non-hydrogen) atoms. The van der Waals surface area contributed by atoms with Gasteiger partial charge in [-0.15, -0.1) is 0 Å². The minimum atomic E-state index is -0.761. The predicted molar refractivity (Wildman–Crippen MR) is 163 cm³/mol. The van der Waals surface area contributed by atoms with E-state index in [1.54, 1.807) is 36.1 Å². The highest BCUT2D eigenvalue weighted by Gasteiger charge is 2.27. The van der Waals surface area contributed by atoms with Gasteiger partial charge in [-0.1, -0.05) is 59.6 Å². The number of hydrogen-bond donors (Lipinski definition) is 3. The largest absolute Gasteiger partial charge is 0.356 e. The van der Waals surface area contributed by atoms with Crippen LogP contribution in [-0.4, -0.2) is 54.3 Å². The SMILES string of the molecule is CCCN(CCC)C(=O)c1cccc(C(=O)N[C@@H](Cc2ccc(F)cc2F)[C@@H](N)C[C@@H](C)C(=O)NCC(CC)CC)c1. The molecule has 232 valence electrons. The Labute approximate surface area is 249 Å². The summed E-state index contributed by atoms with van der Waals surface area (Å²) in [6.45, 7) is 11.8. The van der Waals surface area contributed by atoms with E-state index in [0.29, 0.717) is 31.1 Å². The van der Waals surface area contributed by atoms with Gasteiger partial charge < -0.3 is 21.3 Å². The maximum atomic E-state index is 14.6. The zero-order valence-corrected chi connectivity index (χ0v) is 25.7. The molecule has 2 aromatic carbocycles. The Morgan fingerprint density at radius 2 is 1.57 bits per heavy atom. The van der Waals surface area contributed by atoms with Crippen LogP contribution in [0.4, 0.5) is 8.78 Å². The van der Waals surface area contributed by atoms with Gasteiger partial charge in [-0.25, -0.2) is 8.78 Å². The van der Waals surface area contributed by atoms with Crippen molar-refractivity contribution in [1.29, 1.82) is 0 Å². The van der Waals surface area contributed by atoms with Gasteiger partial charge in [0.15, 0.2) is 0 Å². The first-order valence-corrected chi connectivity index (χ1v) is 15.2. The number of amides is 3. The van der Waals surface area contributed by atoms with Crippen molar-refractivity contribution in [2.75, 3.05) is 19.6 Å². The third-order valence-corrected chi connectivity index (χ3v) is 7.73. The van der Waals surface area contributed by atoms with Gasteiger partial charge in [0.2, 0.25) is 5.91 Å². The van der Waals surface area contributed by atoms with Crippen molar-refractivity contribution < 1.29 is 23.2 Å².